The maximum absolute atomic E-state index is 13.5. The number of carbonyl (C=O) groups is 2. The number of alkyl halides is 3. The summed E-state index contributed by atoms with van der Waals surface area (Å²) in [7, 11) is 0. The Morgan fingerprint density at radius 1 is 1.30 bits per heavy atom. The summed E-state index contributed by atoms with van der Waals surface area (Å²) < 4.78 is 44.8. The number of pyridine rings is 1. The number of carbonyl (C=O) groups excluding carboxylic acids is 2. The molecule has 3 heterocycles. The van der Waals surface area contributed by atoms with Gasteiger partial charge >= 0.3 is 12.3 Å². The molecule has 2 aliphatic heterocycles. The summed E-state index contributed by atoms with van der Waals surface area (Å²) in [4.78, 5) is 31.7. The Morgan fingerprint density at radius 2 is 2.03 bits per heavy atom. The number of nitrogens with one attached hydrogen (secondary N) is 1. The molecule has 0 bridgehead atoms. The molecule has 4 atom stereocenters. The summed E-state index contributed by atoms with van der Waals surface area (Å²) in [5.74, 6) is 0.0747. The van der Waals surface area contributed by atoms with Crippen LogP contribution < -0.4 is 5.32 Å². The van der Waals surface area contributed by atoms with E-state index in [-0.39, 0.29) is 23.9 Å². The number of hydrogen-bond acceptors (Lipinski definition) is 4. The second-order valence-electron chi connectivity index (χ2n) is 10.4. The minimum absolute atomic E-state index is 0.00457. The smallest absolute Gasteiger partial charge is 0.416 e. The molecule has 1 saturated heterocycles. The molecule has 4 rings (SSSR count). The molecule has 1 aliphatic carbocycles. The van der Waals surface area contributed by atoms with Crippen LogP contribution in [0, 0.1) is 11.3 Å². The molecule has 33 heavy (non-hydrogen) atoms. The van der Waals surface area contributed by atoms with E-state index in [9.17, 15) is 22.8 Å². The number of rotatable bonds is 2. The molecule has 180 valence electrons. The van der Waals surface area contributed by atoms with E-state index in [1.54, 1.807) is 20.8 Å². The van der Waals surface area contributed by atoms with E-state index >= 15 is 0 Å². The van der Waals surface area contributed by atoms with Crippen molar-refractivity contribution in [3.05, 3.63) is 35.7 Å². The SMILES string of the molecule is CC1C2CC(c3cc(C(F)(F)F)ccn3)=CCN2C(=O)[C@]12CCC(NC(=O)OC(C)(C)C)C2. The van der Waals surface area contributed by atoms with Crippen LogP contribution in [-0.4, -0.2) is 46.1 Å². The first-order valence-electron chi connectivity index (χ1n) is 11.3. The number of alkyl carbamates (subject to hydrolysis) is 1. The largest absolute Gasteiger partial charge is 0.444 e. The predicted octanol–water partition coefficient (Wildman–Crippen LogP) is 4.80. The minimum atomic E-state index is -4.43. The molecule has 0 radical (unpaired) electrons. The van der Waals surface area contributed by atoms with E-state index in [1.165, 1.54) is 6.20 Å². The van der Waals surface area contributed by atoms with Gasteiger partial charge in [-0.3, -0.25) is 9.78 Å². The lowest BCUT2D eigenvalue weighted by Gasteiger charge is -2.31. The lowest BCUT2D eigenvalue weighted by molar-refractivity contribution is -0.138. The van der Waals surface area contributed by atoms with Crippen molar-refractivity contribution < 1.29 is 27.5 Å². The number of aromatic nitrogens is 1. The normalized spacial score (nSPS) is 29.8. The Hall–Kier alpha value is -2.58. The zero-order valence-electron chi connectivity index (χ0n) is 19.3. The van der Waals surface area contributed by atoms with Crippen LogP contribution in [0.1, 0.15) is 64.6 Å². The van der Waals surface area contributed by atoms with Crippen molar-refractivity contribution in [3.63, 3.8) is 0 Å². The van der Waals surface area contributed by atoms with E-state index in [4.69, 9.17) is 4.74 Å². The van der Waals surface area contributed by atoms with Crippen LogP contribution in [-0.2, 0) is 15.7 Å². The highest BCUT2D eigenvalue weighted by Gasteiger charge is 2.60. The van der Waals surface area contributed by atoms with Gasteiger partial charge in [0, 0.05) is 24.8 Å². The molecule has 3 aliphatic rings. The van der Waals surface area contributed by atoms with Gasteiger partial charge < -0.3 is 15.0 Å². The van der Waals surface area contributed by atoms with Crippen molar-refractivity contribution in [1.82, 2.24) is 15.2 Å². The fraction of sp³-hybridized carbons (Fsp3) is 0.625. The van der Waals surface area contributed by atoms with Gasteiger partial charge in [-0.1, -0.05) is 13.0 Å². The average molecular weight is 466 g/mol. The van der Waals surface area contributed by atoms with Crippen LogP contribution in [0.5, 0.6) is 0 Å². The first-order chi connectivity index (χ1) is 15.3. The Morgan fingerprint density at radius 3 is 2.70 bits per heavy atom. The first kappa shape index (κ1) is 23.6. The van der Waals surface area contributed by atoms with E-state index in [1.807, 2.05) is 17.9 Å². The Bertz CT molecular complexity index is 985. The summed E-state index contributed by atoms with van der Waals surface area (Å²) in [6, 6.07) is 1.79. The fourth-order valence-electron chi connectivity index (χ4n) is 5.56. The number of ether oxygens (including phenoxy) is 1. The highest BCUT2D eigenvalue weighted by molar-refractivity contribution is 5.88. The minimum Gasteiger partial charge on any atom is -0.444 e. The van der Waals surface area contributed by atoms with Crippen molar-refractivity contribution in [2.24, 2.45) is 11.3 Å². The molecule has 9 heteroatoms. The predicted molar refractivity (Wildman–Crippen MR) is 116 cm³/mol. The molecular formula is C24H30F3N3O3. The van der Waals surface area contributed by atoms with Gasteiger partial charge in [-0.05, 0) is 70.1 Å². The van der Waals surface area contributed by atoms with E-state index in [2.05, 4.69) is 10.3 Å². The number of amides is 2. The van der Waals surface area contributed by atoms with Crippen LogP contribution in [0.15, 0.2) is 24.4 Å². The second kappa shape index (κ2) is 8.02. The maximum Gasteiger partial charge on any atom is 0.416 e. The van der Waals surface area contributed by atoms with Crippen molar-refractivity contribution in [3.8, 4) is 0 Å². The molecule has 1 N–H and O–H groups in total. The van der Waals surface area contributed by atoms with E-state index in [0.29, 0.717) is 37.9 Å². The van der Waals surface area contributed by atoms with Gasteiger partial charge in [0.1, 0.15) is 5.60 Å². The molecule has 2 amide bonds. The zero-order valence-corrected chi connectivity index (χ0v) is 19.3. The van der Waals surface area contributed by atoms with Gasteiger partial charge in [-0.2, -0.15) is 13.2 Å². The molecule has 1 aromatic rings. The summed E-state index contributed by atoms with van der Waals surface area (Å²) >= 11 is 0. The Labute approximate surface area is 191 Å². The molecule has 3 unspecified atom stereocenters. The number of fused-ring (bicyclic) bond motifs is 1. The molecule has 0 aromatic carbocycles. The van der Waals surface area contributed by atoms with Crippen LogP contribution in [0.2, 0.25) is 0 Å². The van der Waals surface area contributed by atoms with Crippen LogP contribution >= 0.6 is 0 Å². The highest BCUT2D eigenvalue weighted by Crippen LogP contribution is 2.54. The highest BCUT2D eigenvalue weighted by atomic mass is 19.4. The van der Waals surface area contributed by atoms with Gasteiger partial charge in [-0.25, -0.2) is 4.79 Å². The lowest BCUT2D eigenvalue weighted by atomic mass is 9.73. The Balaban J connectivity index is 1.48. The standard InChI is InChI=1S/C24H30F3N3O3/c1-14-19-11-15(18-12-16(6-9-28-18)24(25,26)27)7-10-30(19)20(31)23(14)8-5-17(13-23)29-21(32)33-22(2,3)4/h6-7,9,12,14,17,19H,5,8,10-11,13H2,1-4H3,(H,29,32)/t14?,17?,19?,23-/m0/s1. The van der Waals surface area contributed by atoms with Gasteiger partial charge in [0.05, 0.1) is 16.7 Å². The van der Waals surface area contributed by atoms with Crippen molar-refractivity contribution in [2.45, 2.75) is 77.2 Å². The van der Waals surface area contributed by atoms with Gasteiger partial charge in [0.15, 0.2) is 0 Å². The summed E-state index contributed by atoms with van der Waals surface area (Å²) in [5.41, 5.74) is -0.859. The third-order valence-corrected chi connectivity index (χ3v) is 7.19. The molecular weight excluding hydrogens is 435 g/mol. The Kier molecular flexibility index (Phi) is 5.73. The topological polar surface area (TPSA) is 71.5 Å². The van der Waals surface area contributed by atoms with Gasteiger partial charge in [-0.15, -0.1) is 0 Å². The summed E-state index contributed by atoms with van der Waals surface area (Å²) in [6.45, 7) is 7.79. The molecule has 1 saturated carbocycles. The zero-order chi connectivity index (χ0) is 24.2. The molecule has 1 spiro atoms. The van der Waals surface area contributed by atoms with E-state index < -0.39 is 28.8 Å². The van der Waals surface area contributed by atoms with E-state index in [0.717, 1.165) is 17.7 Å². The first-order valence-corrected chi connectivity index (χ1v) is 11.3. The van der Waals surface area contributed by atoms with Gasteiger partial charge in [0.2, 0.25) is 5.91 Å². The maximum atomic E-state index is 13.5. The second-order valence-corrected chi connectivity index (χ2v) is 10.4. The molecule has 6 nitrogen and oxygen atoms in total. The van der Waals surface area contributed by atoms with Crippen LogP contribution in [0.25, 0.3) is 5.57 Å². The van der Waals surface area contributed by atoms with Gasteiger partial charge in [0.25, 0.3) is 0 Å². The summed E-state index contributed by atoms with van der Waals surface area (Å²) in [5, 5.41) is 2.90. The fourth-order valence-corrected chi connectivity index (χ4v) is 5.56. The quantitative estimate of drug-likeness (QED) is 0.681. The van der Waals surface area contributed by atoms with Crippen molar-refractivity contribution >= 4 is 17.6 Å². The van der Waals surface area contributed by atoms with Crippen LogP contribution in [0.4, 0.5) is 18.0 Å². The average Bonchev–Trinajstić information content (AvgIpc) is 3.22. The third-order valence-electron chi connectivity index (χ3n) is 7.19. The summed E-state index contributed by atoms with van der Waals surface area (Å²) in [6.07, 6.45) is 0.431. The van der Waals surface area contributed by atoms with Crippen molar-refractivity contribution in [1.29, 1.82) is 0 Å². The lowest BCUT2D eigenvalue weighted by Crippen LogP contribution is -2.40. The third kappa shape index (κ3) is 4.46. The van der Waals surface area contributed by atoms with Crippen LogP contribution in [0.3, 0.4) is 0 Å². The molecule has 1 aromatic heterocycles. The number of nitrogens with zero attached hydrogens (tertiary/aromatic N) is 2. The number of hydrogen-bond donors (Lipinski definition) is 1. The number of halogens is 3. The monoisotopic (exact) mass is 465 g/mol. The van der Waals surface area contributed by atoms with Crippen molar-refractivity contribution in [2.75, 3.05) is 6.54 Å². The molecule has 2 fully saturated rings.